The van der Waals surface area contributed by atoms with Crippen LogP contribution in [-0.2, 0) is 0 Å². The molecule has 0 amide bonds. The molecule has 0 spiro atoms. The van der Waals surface area contributed by atoms with Crippen molar-refractivity contribution in [2.45, 2.75) is 0 Å². The third kappa shape index (κ3) is 2.85. The third-order valence-electron chi connectivity index (χ3n) is 1.98. The fourth-order valence-corrected chi connectivity index (χ4v) is 1.24. The number of hydrogen-bond donors (Lipinski definition) is 0. The van der Waals surface area contributed by atoms with E-state index in [9.17, 15) is 0 Å². The maximum Gasteiger partial charge on any atom is 0.116 e. The molecule has 0 saturated heterocycles. The fraction of sp³-hybridized carbons (Fsp3) is 0. The van der Waals surface area contributed by atoms with Gasteiger partial charge < -0.3 is 0 Å². The molecule has 2 heterocycles. The molecular weight excluding hydrogens is 198 g/mol. The van der Waals surface area contributed by atoms with Crippen LogP contribution in [0.25, 0.3) is 10.9 Å². The molecule has 3 rings (SSSR count). The summed E-state index contributed by atoms with van der Waals surface area (Å²) in [6, 6.07) is 13.6. The number of nitrogens with zero attached hydrogens (tertiary/aromatic N) is 3. The molecule has 0 bridgehead atoms. The largest absolute Gasteiger partial charge is 0.265 e. The summed E-state index contributed by atoms with van der Waals surface area (Å²) in [6.45, 7) is 0. The van der Waals surface area contributed by atoms with Gasteiger partial charge in [-0.1, -0.05) is 24.3 Å². The minimum atomic E-state index is 0.998. The van der Waals surface area contributed by atoms with Gasteiger partial charge in [-0.15, -0.1) is 0 Å². The quantitative estimate of drug-likeness (QED) is 0.571. The predicted octanol–water partition coefficient (Wildman–Crippen LogP) is 2.71. The molecule has 3 heteroatoms. The number of pyridine rings is 1. The molecule has 0 N–H and O–H groups in total. The number of rotatable bonds is 0. The van der Waals surface area contributed by atoms with Gasteiger partial charge in [-0.05, 0) is 18.2 Å². The molecule has 3 aromatic rings. The van der Waals surface area contributed by atoms with E-state index < -0.39 is 0 Å². The lowest BCUT2D eigenvalue weighted by Crippen LogP contribution is -1.77. The van der Waals surface area contributed by atoms with E-state index in [2.05, 4.69) is 15.0 Å². The maximum absolute atomic E-state index is 4.07. The highest BCUT2D eigenvalue weighted by Gasteiger charge is 1.87. The van der Waals surface area contributed by atoms with Crippen LogP contribution in [0.5, 0.6) is 0 Å². The van der Waals surface area contributed by atoms with Crippen LogP contribution < -0.4 is 0 Å². The number of fused-ring (bicyclic) bond motifs is 1. The van der Waals surface area contributed by atoms with Gasteiger partial charge in [-0.3, -0.25) is 4.98 Å². The fourth-order valence-electron chi connectivity index (χ4n) is 1.24. The van der Waals surface area contributed by atoms with Gasteiger partial charge in [0.2, 0.25) is 0 Å². The van der Waals surface area contributed by atoms with Gasteiger partial charge in [0.1, 0.15) is 6.33 Å². The Bertz CT molecular complexity index is 445. The Hall–Kier alpha value is -2.29. The van der Waals surface area contributed by atoms with Crippen molar-refractivity contribution >= 4 is 10.9 Å². The summed E-state index contributed by atoms with van der Waals surface area (Å²) < 4.78 is 0. The average molecular weight is 209 g/mol. The number of benzene rings is 1. The number of para-hydroxylation sites is 1. The van der Waals surface area contributed by atoms with E-state index in [1.807, 2.05) is 48.7 Å². The van der Waals surface area contributed by atoms with E-state index in [-0.39, 0.29) is 0 Å². The predicted molar refractivity (Wildman–Crippen MR) is 63.8 cm³/mol. The second-order valence-corrected chi connectivity index (χ2v) is 3.11. The minimum absolute atomic E-state index is 0.998. The highest BCUT2D eigenvalue weighted by atomic mass is 14.8. The Morgan fingerprint density at radius 2 is 1.56 bits per heavy atom. The van der Waals surface area contributed by atoms with Gasteiger partial charge in [0, 0.05) is 24.0 Å². The van der Waals surface area contributed by atoms with Crippen LogP contribution in [0.1, 0.15) is 0 Å². The molecule has 2 aromatic heterocycles. The summed E-state index contributed by atoms with van der Waals surface area (Å²) in [5.74, 6) is 0. The van der Waals surface area contributed by atoms with E-state index in [0.29, 0.717) is 0 Å². The smallest absolute Gasteiger partial charge is 0.116 e. The van der Waals surface area contributed by atoms with Crippen LogP contribution in [0.3, 0.4) is 0 Å². The SMILES string of the molecule is c1ccc2ncncc2c1.c1ccncc1. The third-order valence-corrected chi connectivity index (χ3v) is 1.98. The minimum Gasteiger partial charge on any atom is -0.265 e. The zero-order chi connectivity index (χ0) is 11.1. The van der Waals surface area contributed by atoms with Crippen LogP contribution in [0, 0.1) is 0 Å². The topological polar surface area (TPSA) is 38.7 Å². The summed E-state index contributed by atoms with van der Waals surface area (Å²) in [5, 5.41) is 1.09. The lowest BCUT2D eigenvalue weighted by molar-refractivity contribution is 1.22. The highest BCUT2D eigenvalue weighted by Crippen LogP contribution is 2.06. The lowest BCUT2D eigenvalue weighted by Gasteiger charge is -1.90. The first-order valence-electron chi connectivity index (χ1n) is 4.96. The van der Waals surface area contributed by atoms with E-state index in [1.165, 1.54) is 0 Å². The van der Waals surface area contributed by atoms with Crippen LogP contribution >= 0.6 is 0 Å². The maximum atomic E-state index is 4.07. The molecule has 0 aliphatic carbocycles. The Morgan fingerprint density at radius 3 is 2.19 bits per heavy atom. The molecule has 1 aromatic carbocycles. The van der Waals surface area contributed by atoms with Gasteiger partial charge >= 0.3 is 0 Å². The van der Waals surface area contributed by atoms with Gasteiger partial charge in [0.15, 0.2) is 0 Å². The van der Waals surface area contributed by atoms with Crippen molar-refractivity contribution in [2.24, 2.45) is 0 Å². The van der Waals surface area contributed by atoms with E-state index in [0.717, 1.165) is 10.9 Å². The highest BCUT2D eigenvalue weighted by molar-refractivity contribution is 5.76. The first-order chi connectivity index (χ1) is 7.97. The molecule has 0 radical (unpaired) electrons. The van der Waals surface area contributed by atoms with Crippen LogP contribution in [0.15, 0.2) is 67.4 Å². The van der Waals surface area contributed by atoms with Gasteiger partial charge in [0.25, 0.3) is 0 Å². The molecule has 3 nitrogen and oxygen atoms in total. The van der Waals surface area contributed by atoms with Crippen molar-refractivity contribution in [1.82, 2.24) is 15.0 Å². The number of hydrogen-bond acceptors (Lipinski definition) is 3. The molecule has 0 fully saturated rings. The molecule has 0 aliphatic heterocycles. The van der Waals surface area contributed by atoms with E-state index >= 15 is 0 Å². The molecule has 78 valence electrons. The molecule has 0 atom stereocenters. The molecular formula is C13H11N3. The molecule has 0 unspecified atom stereocenters. The second kappa shape index (κ2) is 5.56. The normalized spacial score (nSPS) is 9.25. The molecule has 0 aliphatic rings. The Morgan fingerprint density at radius 1 is 0.750 bits per heavy atom. The standard InChI is InChI=1S/C8H6N2.C5H5N/c1-2-4-8-7(3-1)5-9-6-10-8;1-2-4-6-5-3-1/h1-6H;1-5H. The lowest BCUT2D eigenvalue weighted by atomic mass is 10.2. The van der Waals surface area contributed by atoms with Crippen LogP contribution in [0.4, 0.5) is 0 Å². The molecule has 16 heavy (non-hydrogen) atoms. The second-order valence-electron chi connectivity index (χ2n) is 3.11. The Labute approximate surface area is 93.8 Å². The van der Waals surface area contributed by atoms with Crippen molar-refractivity contribution in [1.29, 1.82) is 0 Å². The zero-order valence-corrected chi connectivity index (χ0v) is 8.69. The number of aromatic nitrogens is 3. The van der Waals surface area contributed by atoms with Crippen molar-refractivity contribution in [3.63, 3.8) is 0 Å². The summed E-state index contributed by atoms with van der Waals surface area (Å²) >= 11 is 0. The summed E-state index contributed by atoms with van der Waals surface area (Å²) in [7, 11) is 0. The summed E-state index contributed by atoms with van der Waals surface area (Å²) in [6.07, 6.45) is 6.87. The van der Waals surface area contributed by atoms with Crippen molar-refractivity contribution < 1.29 is 0 Å². The monoisotopic (exact) mass is 209 g/mol. The first-order valence-corrected chi connectivity index (χ1v) is 4.96. The van der Waals surface area contributed by atoms with E-state index in [1.54, 1.807) is 18.7 Å². The van der Waals surface area contributed by atoms with Crippen LogP contribution in [0.2, 0.25) is 0 Å². The van der Waals surface area contributed by atoms with Gasteiger partial charge in [-0.25, -0.2) is 9.97 Å². The van der Waals surface area contributed by atoms with E-state index in [4.69, 9.17) is 0 Å². The van der Waals surface area contributed by atoms with Crippen molar-refractivity contribution in [2.75, 3.05) is 0 Å². The van der Waals surface area contributed by atoms with Crippen molar-refractivity contribution in [3.8, 4) is 0 Å². The van der Waals surface area contributed by atoms with Gasteiger partial charge in [0.05, 0.1) is 5.52 Å². The first kappa shape index (κ1) is 10.2. The Balaban J connectivity index is 0.000000138. The van der Waals surface area contributed by atoms with Crippen molar-refractivity contribution in [3.05, 3.63) is 67.4 Å². The van der Waals surface area contributed by atoms with Gasteiger partial charge in [-0.2, -0.15) is 0 Å². The summed E-state index contributed by atoms with van der Waals surface area (Å²) in [4.78, 5) is 11.8. The van der Waals surface area contributed by atoms with Crippen LogP contribution in [-0.4, -0.2) is 15.0 Å². The zero-order valence-electron chi connectivity index (χ0n) is 8.69. The average Bonchev–Trinajstić information content (AvgIpc) is 2.42. The summed E-state index contributed by atoms with van der Waals surface area (Å²) in [5.41, 5.74) is 0.998. The Kier molecular flexibility index (Phi) is 3.55. The molecule has 0 saturated carbocycles.